The van der Waals surface area contributed by atoms with Gasteiger partial charge < -0.3 is 14.4 Å². The summed E-state index contributed by atoms with van der Waals surface area (Å²) in [5, 5.41) is 0. The zero-order chi connectivity index (χ0) is 17.5. The Bertz CT molecular complexity index is 667. The Morgan fingerprint density at radius 3 is 2.36 bits per heavy atom. The number of halogens is 1. The van der Waals surface area contributed by atoms with E-state index in [1.807, 2.05) is 80.5 Å². The molecule has 0 aliphatic heterocycles. The smallest absolute Gasteiger partial charge is 0.314 e. The maximum absolute atomic E-state index is 12.3. The molecule has 0 spiro atoms. The first-order valence-corrected chi connectivity index (χ1v) is 8.33. The third-order valence-corrected chi connectivity index (χ3v) is 3.73. The lowest BCUT2D eigenvalue weighted by Gasteiger charge is -2.19. The van der Waals surface area contributed by atoms with Crippen molar-refractivity contribution in [3.8, 4) is 11.5 Å². The molecule has 136 valence electrons. The molecule has 0 saturated heterocycles. The average molecular weight is 382 g/mol. The molecule has 2 aromatic rings. The van der Waals surface area contributed by atoms with E-state index in [4.69, 9.17) is 9.47 Å². The average Bonchev–Trinajstić information content (AvgIpc) is 2.54. The minimum atomic E-state index is -0.446. The molecule has 2 unspecified atom stereocenters. The minimum absolute atomic E-state index is 0. The van der Waals surface area contributed by atoms with E-state index in [2.05, 4.69) is 12.6 Å². The second kappa shape index (κ2) is 10.3. The Morgan fingerprint density at radius 1 is 1.08 bits per heavy atom. The largest absolute Gasteiger partial charge is 0.457 e. The molecule has 0 radical (unpaired) electrons. The van der Waals surface area contributed by atoms with Crippen LogP contribution in [0.5, 0.6) is 11.5 Å². The van der Waals surface area contributed by atoms with Gasteiger partial charge in [0.15, 0.2) is 5.44 Å². The third-order valence-electron chi connectivity index (χ3n) is 3.46. The van der Waals surface area contributed by atoms with Crippen LogP contribution in [0.1, 0.15) is 18.4 Å². The van der Waals surface area contributed by atoms with Crippen molar-refractivity contribution in [1.29, 1.82) is 0 Å². The third kappa shape index (κ3) is 6.98. The lowest BCUT2D eigenvalue weighted by atomic mass is 10.0. The predicted molar refractivity (Wildman–Crippen MR) is 106 cm³/mol. The Hall–Kier alpha value is -1.69. The van der Waals surface area contributed by atoms with Gasteiger partial charge in [0.25, 0.3) is 0 Å². The topological polar surface area (TPSA) is 38.8 Å². The van der Waals surface area contributed by atoms with Crippen LogP contribution in [0.2, 0.25) is 0 Å². The summed E-state index contributed by atoms with van der Waals surface area (Å²) in [4.78, 5) is 14.2. The van der Waals surface area contributed by atoms with Gasteiger partial charge in [-0.2, -0.15) is 0 Å². The second-order valence-corrected chi connectivity index (χ2v) is 6.44. The van der Waals surface area contributed by atoms with E-state index < -0.39 is 5.44 Å². The monoisotopic (exact) mass is 381 g/mol. The quantitative estimate of drug-likeness (QED) is 0.439. The fraction of sp³-hybridized carbons (Fsp3) is 0.316. The summed E-state index contributed by atoms with van der Waals surface area (Å²) in [6.45, 7) is 2.39. The molecule has 0 aliphatic rings. The second-order valence-electron chi connectivity index (χ2n) is 5.86. The molecular formula is C19H24ClNO3S. The van der Waals surface area contributed by atoms with Crippen molar-refractivity contribution >= 4 is 31.0 Å². The van der Waals surface area contributed by atoms with Gasteiger partial charge >= 0.3 is 5.97 Å². The number of benzene rings is 2. The Kier molecular flexibility index (Phi) is 8.83. The summed E-state index contributed by atoms with van der Waals surface area (Å²) in [7, 11) is 3.82. The van der Waals surface area contributed by atoms with Crippen LogP contribution in [0.3, 0.4) is 0 Å². The van der Waals surface area contributed by atoms with Gasteiger partial charge in [0.2, 0.25) is 0 Å². The lowest BCUT2D eigenvalue weighted by Crippen LogP contribution is -2.28. The number of likely N-dealkylation sites (N-methyl/N-ethyl adjacent to an activating group) is 1. The van der Waals surface area contributed by atoms with Crippen LogP contribution in [0.15, 0.2) is 54.6 Å². The predicted octanol–water partition coefficient (Wildman–Crippen LogP) is 4.36. The first-order chi connectivity index (χ1) is 11.5. The van der Waals surface area contributed by atoms with Crippen molar-refractivity contribution in [1.82, 2.24) is 4.90 Å². The van der Waals surface area contributed by atoms with E-state index in [0.717, 1.165) is 11.3 Å². The van der Waals surface area contributed by atoms with Crippen LogP contribution in [0.25, 0.3) is 0 Å². The van der Waals surface area contributed by atoms with Crippen molar-refractivity contribution in [2.24, 2.45) is 0 Å². The number of para-hydroxylation sites is 1. The highest BCUT2D eigenvalue weighted by atomic mass is 35.5. The normalized spacial score (nSPS) is 12.8. The van der Waals surface area contributed by atoms with Gasteiger partial charge in [-0.15, -0.1) is 25.0 Å². The minimum Gasteiger partial charge on any atom is -0.457 e. The van der Waals surface area contributed by atoms with Crippen LogP contribution in [-0.4, -0.2) is 36.9 Å². The summed E-state index contributed by atoms with van der Waals surface area (Å²) in [5.41, 5.74) is 0.400. The van der Waals surface area contributed by atoms with Gasteiger partial charge in [0.1, 0.15) is 11.5 Å². The van der Waals surface area contributed by atoms with Crippen LogP contribution in [-0.2, 0) is 9.53 Å². The van der Waals surface area contributed by atoms with Gasteiger partial charge in [-0.25, -0.2) is 0 Å². The molecule has 0 N–H and O–H groups in total. The molecular weight excluding hydrogens is 358 g/mol. The molecule has 2 aromatic carbocycles. The van der Waals surface area contributed by atoms with Crippen molar-refractivity contribution in [2.45, 2.75) is 18.3 Å². The number of ether oxygens (including phenoxy) is 2. The zero-order valence-corrected chi connectivity index (χ0v) is 16.3. The molecule has 4 nitrogen and oxygen atoms in total. The zero-order valence-electron chi connectivity index (χ0n) is 14.6. The number of hydrogen-bond acceptors (Lipinski definition) is 5. The van der Waals surface area contributed by atoms with Crippen molar-refractivity contribution < 1.29 is 14.3 Å². The van der Waals surface area contributed by atoms with Crippen LogP contribution in [0, 0.1) is 0 Å². The molecule has 0 bridgehead atoms. The van der Waals surface area contributed by atoms with Crippen molar-refractivity contribution in [2.75, 3.05) is 20.6 Å². The highest BCUT2D eigenvalue weighted by molar-refractivity contribution is 7.80. The fourth-order valence-corrected chi connectivity index (χ4v) is 2.62. The summed E-state index contributed by atoms with van der Waals surface area (Å²) >= 11 is 4.29. The summed E-state index contributed by atoms with van der Waals surface area (Å²) in [5.74, 6) is 0.759. The summed E-state index contributed by atoms with van der Waals surface area (Å²) in [6.07, 6.45) is 0. The maximum atomic E-state index is 12.3. The van der Waals surface area contributed by atoms with Crippen molar-refractivity contribution in [3.05, 3.63) is 60.2 Å². The van der Waals surface area contributed by atoms with Crippen LogP contribution >= 0.6 is 25.0 Å². The van der Waals surface area contributed by atoms with E-state index in [0.29, 0.717) is 12.3 Å². The maximum Gasteiger partial charge on any atom is 0.314 e. The molecule has 6 heteroatoms. The van der Waals surface area contributed by atoms with Gasteiger partial charge in [0, 0.05) is 6.54 Å². The van der Waals surface area contributed by atoms with Crippen LogP contribution in [0.4, 0.5) is 0 Å². The van der Waals surface area contributed by atoms with E-state index in [9.17, 15) is 4.79 Å². The molecule has 0 aromatic heterocycles. The summed E-state index contributed by atoms with van der Waals surface area (Å²) < 4.78 is 11.2. The highest BCUT2D eigenvalue weighted by Gasteiger charge is 2.20. The van der Waals surface area contributed by atoms with E-state index in [1.165, 1.54) is 0 Å². The number of carbonyl (C=O) groups is 1. The molecule has 2 rings (SSSR count). The van der Waals surface area contributed by atoms with Gasteiger partial charge in [-0.3, -0.25) is 4.79 Å². The Balaban J connectivity index is 0.00000312. The highest BCUT2D eigenvalue weighted by Crippen LogP contribution is 2.26. The molecule has 0 amide bonds. The molecule has 25 heavy (non-hydrogen) atoms. The first kappa shape index (κ1) is 21.4. The Labute approximate surface area is 160 Å². The Morgan fingerprint density at radius 2 is 1.72 bits per heavy atom. The fourth-order valence-electron chi connectivity index (χ4n) is 2.19. The standard InChI is InChI=1S/C19H23NO3S.ClH/c1-14(19(21)23-18(24)13-20(2)3)15-8-7-11-17(12-15)22-16-9-5-4-6-10-16;/h4-12,14,18,24H,13H2,1-3H3;1H. The van der Waals surface area contributed by atoms with Gasteiger partial charge in [-0.05, 0) is 50.8 Å². The number of hydrogen-bond donors (Lipinski definition) is 1. The number of thiol groups is 1. The van der Waals surface area contributed by atoms with Gasteiger partial charge in [-0.1, -0.05) is 30.3 Å². The number of carbonyl (C=O) groups excluding carboxylic acids is 1. The SMILES string of the molecule is CC(C(=O)OC(S)CN(C)C)c1cccc(Oc2ccccc2)c1.Cl. The number of nitrogens with zero attached hydrogens (tertiary/aromatic N) is 1. The van der Waals surface area contributed by atoms with E-state index in [1.54, 1.807) is 0 Å². The van der Waals surface area contributed by atoms with Crippen molar-refractivity contribution in [3.63, 3.8) is 0 Å². The molecule has 0 aliphatic carbocycles. The molecule has 2 atom stereocenters. The lowest BCUT2D eigenvalue weighted by molar-refractivity contribution is -0.146. The first-order valence-electron chi connectivity index (χ1n) is 7.82. The van der Waals surface area contributed by atoms with E-state index in [-0.39, 0.29) is 24.3 Å². The summed E-state index contributed by atoms with van der Waals surface area (Å²) in [6, 6.07) is 17.0. The van der Waals surface area contributed by atoms with E-state index >= 15 is 0 Å². The number of rotatable bonds is 7. The molecule has 0 fully saturated rings. The number of esters is 1. The molecule has 0 heterocycles. The van der Waals surface area contributed by atoms with Crippen LogP contribution < -0.4 is 4.74 Å². The van der Waals surface area contributed by atoms with Gasteiger partial charge in [0.05, 0.1) is 5.92 Å². The molecule has 0 saturated carbocycles.